The van der Waals surface area contributed by atoms with Crippen LogP contribution in [0.4, 0.5) is 0 Å². The lowest BCUT2D eigenvalue weighted by Crippen LogP contribution is -2.45. The number of nitrogens with zero attached hydrogens (tertiary/aromatic N) is 4. The maximum absolute atomic E-state index is 11.3. The summed E-state index contributed by atoms with van der Waals surface area (Å²) in [7, 11) is 0.316. The molecule has 0 aromatic heterocycles. The first-order valence-corrected chi connectivity index (χ1v) is 13.3. The third kappa shape index (κ3) is 9.15. The van der Waals surface area contributed by atoms with Gasteiger partial charge in [-0.2, -0.15) is 0 Å². The van der Waals surface area contributed by atoms with Crippen LogP contribution in [0.25, 0.3) is 0 Å². The van der Waals surface area contributed by atoms with Gasteiger partial charge in [-0.15, -0.1) is 0 Å². The minimum absolute atomic E-state index is 0.158. The molecule has 8 heteroatoms. The van der Waals surface area contributed by atoms with Crippen LogP contribution >= 0.6 is 16.9 Å². The molecule has 1 heterocycles. The van der Waals surface area contributed by atoms with Crippen LogP contribution in [-0.2, 0) is 22.2 Å². The Morgan fingerprint density at radius 3 is 1.12 bits per heavy atom. The Labute approximate surface area is 195 Å². The highest BCUT2D eigenvalue weighted by Crippen LogP contribution is 2.11. The van der Waals surface area contributed by atoms with Crippen molar-refractivity contribution >= 4 is 16.9 Å². The molecule has 1 fully saturated rings. The van der Waals surface area contributed by atoms with Crippen molar-refractivity contribution in [2.24, 2.45) is 0 Å². The van der Waals surface area contributed by atoms with Gasteiger partial charge in [0.05, 0.1) is 12.6 Å². The molecule has 6 nitrogen and oxygen atoms in total. The fourth-order valence-electron chi connectivity index (χ4n) is 4.02. The normalized spacial score (nSPS) is 19.0. The van der Waals surface area contributed by atoms with Gasteiger partial charge in [0.2, 0.25) is 0 Å². The van der Waals surface area contributed by atoms with Crippen molar-refractivity contribution in [1.82, 2.24) is 19.6 Å². The van der Waals surface area contributed by atoms with Gasteiger partial charge in [-0.1, -0.05) is 60.7 Å². The number of benzene rings is 2. The summed E-state index contributed by atoms with van der Waals surface area (Å²) in [6, 6.07) is 21.3. The first-order valence-electron chi connectivity index (χ1n) is 11.3. The van der Waals surface area contributed by atoms with E-state index in [2.05, 4.69) is 80.3 Å². The van der Waals surface area contributed by atoms with Gasteiger partial charge >= 0.3 is 0 Å². The average Bonchev–Trinajstić information content (AvgIpc) is 2.82. The van der Waals surface area contributed by atoms with Crippen molar-refractivity contribution in [3.63, 3.8) is 0 Å². The van der Waals surface area contributed by atoms with Crippen LogP contribution < -0.4 is 0 Å². The molecule has 32 heavy (non-hydrogen) atoms. The summed E-state index contributed by atoms with van der Waals surface area (Å²) in [5.41, 5.74) is 2.65. The molecule has 2 aromatic rings. The molecule has 0 N–H and O–H groups in total. The summed E-state index contributed by atoms with van der Waals surface area (Å²) in [5.74, 6) is 0. The van der Waals surface area contributed by atoms with Crippen LogP contribution in [0.2, 0.25) is 0 Å². The summed E-state index contributed by atoms with van der Waals surface area (Å²) in [5, 5.41) is 0. The second-order valence-electron chi connectivity index (χ2n) is 8.30. The summed E-state index contributed by atoms with van der Waals surface area (Å²) >= 11 is 0. The zero-order valence-electron chi connectivity index (χ0n) is 18.8. The molecule has 0 unspecified atom stereocenters. The maximum atomic E-state index is 11.3. The zero-order valence-corrected chi connectivity index (χ0v) is 20.5. The van der Waals surface area contributed by atoms with Crippen LogP contribution in [0.3, 0.4) is 0 Å². The van der Waals surface area contributed by atoms with Crippen molar-refractivity contribution in [1.29, 1.82) is 0 Å². The largest absolute Gasteiger partial charge is 0.297 e. The lowest BCUT2D eigenvalue weighted by atomic mass is 10.2. The fraction of sp³-hybridized carbons (Fsp3) is 0.500. The molecule has 172 valence electrons. The molecule has 0 saturated carbocycles. The van der Waals surface area contributed by atoms with Crippen LogP contribution in [0.5, 0.6) is 0 Å². The van der Waals surface area contributed by atoms with E-state index in [9.17, 15) is 9.13 Å². The smallest absolute Gasteiger partial charge is 0.170 e. The topological polar surface area (TPSA) is 47.1 Å². The predicted octanol–water partition coefficient (Wildman–Crippen LogP) is 4.11. The molecule has 0 bridgehead atoms. The van der Waals surface area contributed by atoms with E-state index in [0.29, 0.717) is 12.6 Å². The first-order chi connectivity index (χ1) is 15.8. The fourth-order valence-corrected chi connectivity index (χ4v) is 4.92. The van der Waals surface area contributed by atoms with Gasteiger partial charge in [0, 0.05) is 65.4 Å². The second kappa shape index (κ2) is 14.6. The number of rotatable bonds is 8. The van der Waals surface area contributed by atoms with Gasteiger partial charge in [0.1, 0.15) is 0 Å². The lowest BCUT2D eigenvalue weighted by molar-refractivity contribution is 0.141. The molecule has 2 aromatic carbocycles. The quantitative estimate of drug-likeness (QED) is 0.539. The van der Waals surface area contributed by atoms with E-state index in [-0.39, 0.29) is 16.9 Å². The van der Waals surface area contributed by atoms with Gasteiger partial charge < -0.3 is 0 Å². The van der Waals surface area contributed by atoms with E-state index < -0.39 is 0 Å². The van der Waals surface area contributed by atoms with Crippen molar-refractivity contribution in [2.75, 3.05) is 64.9 Å². The lowest BCUT2D eigenvalue weighted by Gasteiger charge is -2.33. The number of hydrogen-bond donors (Lipinski definition) is 0. The van der Waals surface area contributed by atoms with Gasteiger partial charge in [0.25, 0.3) is 0 Å². The molecule has 3 rings (SSSR count). The highest BCUT2D eigenvalue weighted by molar-refractivity contribution is 7.23. The van der Waals surface area contributed by atoms with Gasteiger partial charge in [-0.3, -0.25) is 28.7 Å². The minimum atomic E-state index is 0.158. The molecule has 0 radical (unpaired) electrons. The SMILES string of the molecule is O=PCN1CCN(CP=O)CCN(Cc2ccccc2)CCN(Cc2ccccc2)CC1. The van der Waals surface area contributed by atoms with E-state index in [1.54, 1.807) is 0 Å². The molecule has 0 atom stereocenters. The van der Waals surface area contributed by atoms with Gasteiger partial charge in [-0.25, -0.2) is 0 Å². The van der Waals surface area contributed by atoms with Crippen LogP contribution in [-0.4, -0.2) is 84.5 Å². The maximum Gasteiger partial charge on any atom is 0.170 e. The van der Waals surface area contributed by atoms with Crippen molar-refractivity contribution in [2.45, 2.75) is 13.1 Å². The van der Waals surface area contributed by atoms with E-state index in [4.69, 9.17) is 0 Å². The van der Waals surface area contributed by atoms with E-state index >= 15 is 0 Å². The standard InChI is InChI=1S/C24H34N4O2P2/c29-31-21-27-15-13-25(19-23-7-3-1-4-8-23)11-12-26(20-24-9-5-2-6-10-24)14-16-28(18-17-27)22-32-30/h1-10H,11-22H2. The first kappa shape index (κ1) is 25.1. The molecule has 0 aliphatic carbocycles. The minimum Gasteiger partial charge on any atom is -0.297 e. The molecule has 1 aliphatic rings. The van der Waals surface area contributed by atoms with Crippen LogP contribution in [0.1, 0.15) is 11.1 Å². The van der Waals surface area contributed by atoms with Gasteiger partial charge in [-0.05, 0) is 11.1 Å². The predicted molar refractivity (Wildman–Crippen MR) is 132 cm³/mol. The molecule has 0 spiro atoms. The molecule has 1 aliphatic heterocycles. The van der Waals surface area contributed by atoms with Crippen LogP contribution in [0, 0.1) is 0 Å². The highest BCUT2D eigenvalue weighted by Gasteiger charge is 2.17. The van der Waals surface area contributed by atoms with E-state index in [0.717, 1.165) is 65.4 Å². The Balaban J connectivity index is 1.72. The monoisotopic (exact) mass is 472 g/mol. The molecular formula is C24H34N4O2P2. The van der Waals surface area contributed by atoms with E-state index in [1.807, 2.05) is 0 Å². The zero-order chi connectivity index (χ0) is 22.4. The Morgan fingerprint density at radius 2 is 0.812 bits per heavy atom. The Bertz CT molecular complexity index is 730. The Kier molecular flexibility index (Phi) is 11.5. The van der Waals surface area contributed by atoms with Crippen molar-refractivity contribution in [3.8, 4) is 0 Å². The highest BCUT2D eigenvalue weighted by atomic mass is 31.1. The number of hydrogen-bond acceptors (Lipinski definition) is 6. The summed E-state index contributed by atoms with van der Waals surface area (Å²) < 4.78 is 22.6. The molecular weight excluding hydrogens is 438 g/mol. The van der Waals surface area contributed by atoms with Crippen molar-refractivity contribution < 1.29 is 9.13 Å². The van der Waals surface area contributed by atoms with Crippen LogP contribution in [0.15, 0.2) is 60.7 Å². The average molecular weight is 473 g/mol. The van der Waals surface area contributed by atoms with E-state index in [1.165, 1.54) is 11.1 Å². The van der Waals surface area contributed by atoms with Crippen molar-refractivity contribution in [3.05, 3.63) is 71.8 Å². The summed E-state index contributed by atoms with van der Waals surface area (Å²) in [6.07, 6.45) is 1.09. The molecule has 1 saturated heterocycles. The summed E-state index contributed by atoms with van der Waals surface area (Å²) in [6.45, 7) is 9.09. The summed E-state index contributed by atoms with van der Waals surface area (Å²) in [4.78, 5) is 9.53. The van der Waals surface area contributed by atoms with Gasteiger partial charge in [0.15, 0.2) is 16.9 Å². The third-order valence-electron chi connectivity index (χ3n) is 5.94. The Morgan fingerprint density at radius 1 is 0.500 bits per heavy atom. The second-order valence-corrected chi connectivity index (χ2v) is 9.38. The third-order valence-corrected chi connectivity index (χ3v) is 6.97. The molecule has 0 amide bonds. The Hall–Kier alpha value is -1.52.